The van der Waals surface area contributed by atoms with Gasteiger partial charge in [0.1, 0.15) is 11.3 Å². The van der Waals surface area contributed by atoms with Gasteiger partial charge < -0.3 is 15.5 Å². The van der Waals surface area contributed by atoms with Gasteiger partial charge in [-0.3, -0.25) is 4.79 Å². The minimum atomic E-state index is -5.16. The number of nitrogens with one attached hydrogen (secondary N) is 1. The summed E-state index contributed by atoms with van der Waals surface area (Å²) in [6, 6.07) is 5.25. The van der Waals surface area contributed by atoms with Crippen molar-refractivity contribution >= 4 is 11.9 Å². The highest BCUT2D eigenvalue weighted by atomic mass is 19.4. The number of halogens is 3. The molecule has 0 spiro atoms. The van der Waals surface area contributed by atoms with Crippen molar-refractivity contribution in [2.24, 2.45) is 0 Å². The highest BCUT2D eigenvalue weighted by Crippen LogP contribution is 2.20. The van der Waals surface area contributed by atoms with Crippen molar-refractivity contribution in [3.63, 3.8) is 0 Å². The summed E-state index contributed by atoms with van der Waals surface area (Å²) in [5, 5.41) is 19.6. The van der Waals surface area contributed by atoms with Gasteiger partial charge in [0.25, 0.3) is 0 Å². The highest BCUT2D eigenvalue weighted by Gasteiger charge is 2.45. The van der Waals surface area contributed by atoms with Crippen molar-refractivity contribution in [2.75, 3.05) is 0 Å². The van der Waals surface area contributed by atoms with Crippen LogP contribution in [-0.4, -0.2) is 33.8 Å². The van der Waals surface area contributed by atoms with E-state index in [1.165, 1.54) is 29.6 Å². The first-order valence-corrected chi connectivity index (χ1v) is 5.45. The van der Waals surface area contributed by atoms with E-state index in [-0.39, 0.29) is 12.2 Å². The van der Waals surface area contributed by atoms with E-state index in [9.17, 15) is 22.8 Å². The number of carbonyl (C=O) groups is 2. The third-order valence-electron chi connectivity index (χ3n) is 2.61. The fraction of sp³-hybridized carbons (Fsp3) is 0.333. The Bertz CT molecular complexity index is 512. The van der Waals surface area contributed by atoms with Gasteiger partial charge in [-0.25, -0.2) is 4.79 Å². The molecule has 0 bridgehead atoms. The number of carboxylic acids is 1. The summed E-state index contributed by atoms with van der Waals surface area (Å²) in [7, 11) is 0. The number of hydrogen-bond acceptors (Lipinski definition) is 3. The average molecular weight is 291 g/mol. The maximum Gasteiger partial charge on any atom is 0.471 e. The van der Waals surface area contributed by atoms with Gasteiger partial charge in [-0.05, 0) is 24.6 Å². The van der Waals surface area contributed by atoms with Gasteiger partial charge in [-0.15, -0.1) is 0 Å². The molecule has 1 amide bonds. The number of hydrogen-bond donors (Lipinski definition) is 3. The number of phenolic OH excluding ortho intramolecular Hbond substituents is 1. The molecule has 0 unspecified atom stereocenters. The van der Waals surface area contributed by atoms with Crippen molar-refractivity contribution < 1.29 is 33.0 Å². The maximum atomic E-state index is 12.2. The Morgan fingerprint density at radius 1 is 1.20 bits per heavy atom. The molecule has 5 nitrogen and oxygen atoms in total. The molecule has 0 radical (unpaired) electrons. The fourth-order valence-corrected chi connectivity index (χ4v) is 1.52. The van der Waals surface area contributed by atoms with Gasteiger partial charge in [0.2, 0.25) is 0 Å². The normalized spacial score (nSPS) is 14.4. The van der Waals surface area contributed by atoms with Gasteiger partial charge in [0.15, 0.2) is 0 Å². The Kier molecular flexibility index (Phi) is 4.26. The standard InChI is InChI=1S/C12H12F3NO4/c1-11(10(19)20,16-9(18)12(13,14)15)6-7-2-4-8(17)5-3-7/h2-5,17H,6H2,1H3,(H,16,18)(H,19,20)/t11-/m1/s1. The Balaban J connectivity index is 2.95. The first-order chi connectivity index (χ1) is 9.04. The van der Waals surface area contributed by atoms with E-state index in [4.69, 9.17) is 10.2 Å². The molecule has 0 aromatic heterocycles. The van der Waals surface area contributed by atoms with Crippen LogP contribution >= 0.6 is 0 Å². The Morgan fingerprint density at radius 2 is 1.70 bits per heavy atom. The van der Waals surface area contributed by atoms with Gasteiger partial charge in [-0.2, -0.15) is 13.2 Å². The van der Waals surface area contributed by atoms with Gasteiger partial charge in [-0.1, -0.05) is 12.1 Å². The second-order valence-electron chi connectivity index (χ2n) is 4.43. The number of alkyl halides is 3. The fourth-order valence-electron chi connectivity index (χ4n) is 1.52. The first kappa shape index (κ1) is 15.8. The van der Waals surface area contributed by atoms with Gasteiger partial charge in [0.05, 0.1) is 0 Å². The molecule has 0 saturated heterocycles. The summed E-state index contributed by atoms with van der Waals surface area (Å²) >= 11 is 0. The lowest BCUT2D eigenvalue weighted by Gasteiger charge is -2.26. The smallest absolute Gasteiger partial charge is 0.471 e. The minimum absolute atomic E-state index is 0.0647. The average Bonchev–Trinajstić information content (AvgIpc) is 2.30. The lowest BCUT2D eigenvalue weighted by Crippen LogP contribution is -2.57. The lowest BCUT2D eigenvalue weighted by atomic mass is 9.92. The van der Waals surface area contributed by atoms with Crippen LogP contribution in [0.4, 0.5) is 13.2 Å². The molecule has 0 aliphatic heterocycles. The largest absolute Gasteiger partial charge is 0.508 e. The van der Waals surface area contributed by atoms with Crippen LogP contribution in [0.1, 0.15) is 12.5 Å². The van der Waals surface area contributed by atoms with Crippen molar-refractivity contribution in [1.82, 2.24) is 5.32 Å². The third kappa shape index (κ3) is 3.87. The second-order valence-corrected chi connectivity index (χ2v) is 4.43. The van der Waals surface area contributed by atoms with E-state index in [2.05, 4.69) is 0 Å². The SMILES string of the molecule is C[C@](Cc1ccc(O)cc1)(NC(=O)C(F)(F)F)C(=O)O. The number of benzene rings is 1. The molecule has 8 heteroatoms. The molecule has 1 atom stereocenters. The molecular weight excluding hydrogens is 279 g/mol. The topological polar surface area (TPSA) is 86.6 Å². The van der Waals surface area contributed by atoms with Crippen LogP contribution in [0.25, 0.3) is 0 Å². The molecule has 20 heavy (non-hydrogen) atoms. The van der Waals surface area contributed by atoms with Crippen molar-refractivity contribution in [2.45, 2.75) is 25.1 Å². The quantitative estimate of drug-likeness (QED) is 0.783. The Morgan fingerprint density at radius 3 is 2.10 bits per heavy atom. The summed E-state index contributed by atoms with van der Waals surface area (Å²) in [5.41, 5.74) is -1.75. The molecule has 0 heterocycles. The lowest BCUT2D eigenvalue weighted by molar-refractivity contribution is -0.177. The van der Waals surface area contributed by atoms with Crippen LogP contribution in [0.3, 0.4) is 0 Å². The van der Waals surface area contributed by atoms with Crippen molar-refractivity contribution in [3.8, 4) is 5.75 Å². The summed E-state index contributed by atoms with van der Waals surface area (Å²) in [4.78, 5) is 22.0. The van der Waals surface area contributed by atoms with Gasteiger partial charge >= 0.3 is 18.1 Å². The summed E-state index contributed by atoms with van der Waals surface area (Å²) in [6.07, 6.45) is -5.52. The maximum absolute atomic E-state index is 12.2. The minimum Gasteiger partial charge on any atom is -0.508 e. The van der Waals surface area contributed by atoms with Crippen molar-refractivity contribution in [1.29, 1.82) is 0 Å². The van der Waals surface area contributed by atoms with E-state index in [0.717, 1.165) is 6.92 Å². The molecule has 0 saturated carbocycles. The Labute approximate surface area is 112 Å². The van der Waals surface area contributed by atoms with Crippen LogP contribution in [0.5, 0.6) is 5.75 Å². The van der Waals surface area contributed by atoms with Crippen LogP contribution in [0.2, 0.25) is 0 Å². The molecular formula is C12H12F3NO4. The molecule has 0 fully saturated rings. The monoisotopic (exact) mass is 291 g/mol. The molecule has 110 valence electrons. The number of carboxylic acid groups (broad SMARTS) is 1. The number of aromatic hydroxyl groups is 1. The van der Waals surface area contributed by atoms with E-state index < -0.39 is 23.6 Å². The predicted octanol–water partition coefficient (Wildman–Crippen LogP) is 1.46. The molecule has 1 aromatic rings. The molecule has 3 N–H and O–H groups in total. The third-order valence-corrected chi connectivity index (χ3v) is 2.61. The predicted molar refractivity (Wildman–Crippen MR) is 62.0 cm³/mol. The molecule has 0 aliphatic carbocycles. The molecule has 1 rings (SSSR count). The first-order valence-electron chi connectivity index (χ1n) is 5.45. The van der Waals surface area contributed by atoms with E-state index in [1.54, 1.807) is 0 Å². The number of aliphatic carboxylic acids is 1. The Hall–Kier alpha value is -2.25. The van der Waals surface area contributed by atoms with Crippen LogP contribution in [0.15, 0.2) is 24.3 Å². The second kappa shape index (κ2) is 5.40. The highest BCUT2D eigenvalue weighted by molar-refractivity contribution is 5.89. The molecule has 0 aliphatic rings. The van der Waals surface area contributed by atoms with Crippen molar-refractivity contribution in [3.05, 3.63) is 29.8 Å². The van der Waals surface area contributed by atoms with Crippen LogP contribution < -0.4 is 5.32 Å². The number of amides is 1. The number of phenols is 1. The van der Waals surface area contributed by atoms with Crippen LogP contribution in [0, 0.1) is 0 Å². The number of rotatable bonds is 4. The van der Waals surface area contributed by atoms with Crippen LogP contribution in [-0.2, 0) is 16.0 Å². The van der Waals surface area contributed by atoms with Gasteiger partial charge in [0, 0.05) is 6.42 Å². The summed E-state index contributed by atoms with van der Waals surface area (Å²) in [5.74, 6) is -3.98. The summed E-state index contributed by atoms with van der Waals surface area (Å²) < 4.78 is 36.6. The zero-order chi connectivity index (χ0) is 15.6. The van der Waals surface area contributed by atoms with E-state index >= 15 is 0 Å². The zero-order valence-electron chi connectivity index (χ0n) is 10.4. The summed E-state index contributed by atoms with van der Waals surface area (Å²) in [6.45, 7) is 0.978. The van der Waals surface area contributed by atoms with E-state index in [1.807, 2.05) is 0 Å². The van der Waals surface area contributed by atoms with E-state index in [0.29, 0.717) is 5.56 Å². The molecule has 1 aromatic carbocycles. The number of carbonyl (C=O) groups excluding carboxylic acids is 1. The zero-order valence-corrected chi connectivity index (χ0v) is 10.4.